The summed E-state index contributed by atoms with van der Waals surface area (Å²) < 4.78 is 0. The highest BCUT2D eigenvalue weighted by Crippen LogP contribution is 2.32. The molecule has 0 aliphatic carbocycles. The Morgan fingerprint density at radius 3 is 2.59 bits per heavy atom. The minimum atomic E-state index is -0.995. The Kier molecular flexibility index (Phi) is 4.33. The van der Waals surface area contributed by atoms with Crippen molar-refractivity contribution in [3.8, 4) is 11.3 Å². The predicted octanol–water partition coefficient (Wildman–Crippen LogP) is 4.63. The van der Waals surface area contributed by atoms with Gasteiger partial charge in [0.1, 0.15) is 5.52 Å². The van der Waals surface area contributed by atoms with Crippen LogP contribution in [-0.4, -0.2) is 32.6 Å². The summed E-state index contributed by atoms with van der Waals surface area (Å²) in [6.45, 7) is 2.67. The van der Waals surface area contributed by atoms with Crippen molar-refractivity contribution < 1.29 is 9.90 Å². The Morgan fingerprint density at radius 1 is 1.11 bits per heavy atom. The molecule has 4 aromatic rings. The summed E-state index contributed by atoms with van der Waals surface area (Å²) in [5.41, 5.74) is 2.94. The maximum absolute atomic E-state index is 11.3. The van der Waals surface area contributed by atoms with Crippen molar-refractivity contribution in [2.24, 2.45) is 0 Å². The average molecular weight is 379 g/mol. The van der Waals surface area contributed by atoms with E-state index in [1.807, 2.05) is 19.1 Å². The van der Waals surface area contributed by atoms with E-state index in [1.54, 1.807) is 36.5 Å². The van der Waals surface area contributed by atoms with Gasteiger partial charge in [0, 0.05) is 34.1 Å². The second kappa shape index (κ2) is 6.81. The molecule has 0 aliphatic rings. The highest BCUT2D eigenvalue weighted by atomic mass is 35.5. The molecule has 2 aromatic carbocycles. The lowest BCUT2D eigenvalue weighted by molar-refractivity contribution is 0.0697. The number of hydrogen-bond donors (Lipinski definition) is 2. The first-order valence-corrected chi connectivity index (χ1v) is 8.78. The van der Waals surface area contributed by atoms with E-state index in [0.717, 1.165) is 16.3 Å². The average Bonchev–Trinajstić information content (AvgIpc) is 2.67. The molecular weight excluding hydrogens is 364 g/mol. The van der Waals surface area contributed by atoms with E-state index in [-0.39, 0.29) is 5.56 Å². The summed E-state index contributed by atoms with van der Waals surface area (Å²) in [7, 11) is 0. The molecule has 0 aliphatic heterocycles. The molecule has 27 heavy (non-hydrogen) atoms. The van der Waals surface area contributed by atoms with E-state index in [4.69, 9.17) is 16.6 Å². The Morgan fingerprint density at radius 2 is 1.89 bits per heavy atom. The Labute approximate surface area is 159 Å². The normalized spacial score (nSPS) is 11.0. The first-order chi connectivity index (χ1) is 13.1. The largest absolute Gasteiger partial charge is 0.478 e. The number of nitrogens with zero attached hydrogens (tertiary/aromatic N) is 3. The molecule has 0 atom stereocenters. The third-order valence-corrected chi connectivity index (χ3v) is 4.48. The molecule has 2 heterocycles. The van der Waals surface area contributed by atoms with Crippen LogP contribution in [-0.2, 0) is 0 Å². The summed E-state index contributed by atoms with van der Waals surface area (Å²) in [6, 6.07) is 12.2. The zero-order valence-electron chi connectivity index (χ0n) is 14.4. The molecule has 2 N–H and O–H groups in total. The van der Waals surface area contributed by atoms with Gasteiger partial charge in [-0.2, -0.15) is 0 Å². The zero-order chi connectivity index (χ0) is 19.0. The number of hydrogen-bond acceptors (Lipinski definition) is 5. The molecule has 0 saturated heterocycles. The van der Waals surface area contributed by atoms with Crippen molar-refractivity contribution in [1.82, 2.24) is 15.0 Å². The lowest BCUT2D eigenvalue weighted by Gasteiger charge is -2.11. The fourth-order valence-electron chi connectivity index (χ4n) is 2.97. The summed E-state index contributed by atoms with van der Waals surface area (Å²) in [4.78, 5) is 25.1. The van der Waals surface area contributed by atoms with Gasteiger partial charge in [0.05, 0.1) is 16.8 Å². The number of carbonyl (C=O) groups is 1. The number of aromatic nitrogens is 3. The number of fused-ring (bicyclic) bond motifs is 3. The van der Waals surface area contributed by atoms with E-state index in [9.17, 15) is 9.90 Å². The molecule has 4 rings (SSSR count). The molecule has 7 heteroatoms. The fraction of sp³-hybridized carbons (Fsp3) is 0.100. The van der Waals surface area contributed by atoms with Gasteiger partial charge in [-0.1, -0.05) is 29.8 Å². The van der Waals surface area contributed by atoms with Crippen LogP contribution in [0.5, 0.6) is 0 Å². The summed E-state index contributed by atoms with van der Waals surface area (Å²) >= 11 is 6.01. The third kappa shape index (κ3) is 3.15. The predicted molar refractivity (Wildman–Crippen MR) is 106 cm³/mol. The standard InChI is InChI=1S/C20H15ClN4O2/c1-2-22-20-23-10-15-14-8-5-12(19(26)27)9-16(14)24-17(18(15)25-20)11-3-6-13(21)7-4-11/h3-10H,2H2,1H3,(H,26,27)(H,22,23,25). The molecule has 0 unspecified atom stereocenters. The number of anilines is 1. The Balaban J connectivity index is 2.07. The molecule has 134 valence electrons. The van der Waals surface area contributed by atoms with Gasteiger partial charge in [-0.05, 0) is 31.2 Å². The van der Waals surface area contributed by atoms with E-state index >= 15 is 0 Å². The van der Waals surface area contributed by atoms with Crippen LogP contribution in [0, 0.1) is 0 Å². The van der Waals surface area contributed by atoms with E-state index in [1.165, 1.54) is 0 Å². The molecule has 0 fully saturated rings. The van der Waals surface area contributed by atoms with Gasteiger partial charge in [-0.25, -0.2) is 19.7 Å². The number of rotatable bonds is 4. The van der Waals surface area contributed by atoms with Gasteiger partial charge in [0.15, 0.2) is 0 Å². The second-order valence-electron chi connectivity index (χ2n) is 5.99. The SMILES string of the molecule is CCNc1ncc2c(n1)c(-c1ccc(Cl)cc1)nc1cc(C(=O)O)ccc12. The molecule has 2 aromatic heterocycles. The van der Waals surface area contributed by atoms with Gasteiger partial charge >= 0.3 is 5.97 Å². The monoisotopic (exact) mass is 378 g/mol. The van der Waals surface area contributed by atoms with Gasteiger partial charge < -0.3 is 10.4 Å². The summed E-state index contributed by atoms with van der Waals surface area (Å²) in [6.07, 6.45) is 1.74. The number of benzene rings is 2. The molecule has 0 amide bonds. The Hall–Kier alpha value is -3.25. The van der Waals surface area contributed by atoms with Crippen LogP contribution >= 0.6 is 11.6 Å². The van der Waals surface area contributed by atoms with Crippen molar-refractivity contribution in [3.05, 3.63) is 59.2 Å². The quantitative estimate of drug-likeness (QED) is 0.503. The van der Waals surface area contributed by atoms with E-state index < -0.39 is 5.97 Å². The lowest BCUT2D eigenvalue weighted by atomic mass is 10.0. The van der Waals surface area contributed by atoms with Crippen LogP contribution < -0.4 is 5.32 Å². The van der Waals surface area contributed by atoms with Crippen LogP contribution in [0.2, 0.25) is 5.02 Å². The van der Waals surface area contributed by atoms with Crippen LogP contribution in [0.3, 0.4) is 0 Å². The summed E-state index contributed by atoms with van der Waals surface area (Å²) in [5, 5.41) is 14.6. The van der Waals surface area contributed by atoms with Crippen molar-refractivity contribution in [2.75, 3.05) is 11.9 Å². The van der Waals surface area contributed by atoms with Gasteiger partial charge in [-0.3, -0.25) is 0 Å². The van der Waals surface area contributed by atoms with Crippen LogP contribution in [0.1, 0.15) is 17.3 Å². The first kappa shape index (κ1) is 17.2. The Bertz CT molecular complexity index is 1180. The smallest absolute Gasteiger partial charge is 0.335 e. The molecule has 0 bridgehead atoms. The first-order valence-electron chi connectivity index (χ1n) is 8.40. The number of pyridine rings is 1. The van der Waals surface area contributed by atoms with Gasteiger partial charge in [0.2, 0.25) is 5.95 Å². The molecule has 0 saturated carbocycles. The zero-order valence-corrected chi connectivity index (χ0v) is 15.2. The molecule has 0 spiro atoms. The van der Waals surface area contributed by atoms with Crippen molar-refractivity contribution in [2.45, 2.75) is 6.92 Å². The highest BCUT2D eigenvalue weighted by Gasteiger charge is 2.15. The van der Waals surface area contributed by atoms with E-state index in [2.05, 4.69) is 15.3 Å². The van der Waals surface area contributed by atoms with Crippen LogP contribution in [0.4, 0.5) is 5.95 Å². The molecule has 0 radical (unpaired) electrons. The fourth-order valence-corrected chi connectivity index (χ4v) is 3.10. The van der Waals surface area contributed by atoms with Crippen molar-refractivity contribution in [3.63, 3.8) is 0 Å². The number of halogens is 1. The molecule has 6 nitrogen and oxygen atoms in total. The third-order valence-electron chi connectivity index (χ3n) is 4.23. The van der Waals surface area contributed by atoms with Crippen LogP contribution in [0.25, 0.3) is 33.1 Å². The maximum Gasteiger partial charge on any atom is 0.335 e. The highest BCUT2D eigenvalue weighted by molar-refractivity contribution is 6.30. The number of carboxylic acids is 1. The molecular formula is C20H15ClN4O2. The number of carboxylic acid groups (broad SMARTS) is 1. The lowest BCUT2D eigenvalue weighted by Crippen LogP contribution is -2.03. The summed E-state index contributed by atoms with van der Waals surface area (Å²) in [5.74, 6) is -0.478. The second-order valence-corrected chi connectivity index (χ2v) is 6.43. The number of nitrogens with one attached hydrogen (secondary N) is 1. The topological polar surface area (TPSA) is 88.0 Å². The van der Waals surface area contributed by atoms with Gasteiger partial charge in [0.25, 0.3) is 0 Å². The van der Waals surface area contributed by atoms with Crippen molar-refractivity contribution in [1.29, 1.82) is 0 Å². The minimum Gasteiger partial charge on any atom is -0.478 e. The van der Waals surface area contributed by atoms with E-state index in [0.29, 0.717) is 34.2 Å². The maximum atomic E-state index is 11.3. The van der Waals surface area contributed by atoms with Crippen LogP contribution in [0.15, 0.2) is 48.7 Å². The number of aromatic carboxylic acids is 1. The van der Waals surface area contributed by atoms with Gasteiger partial charge in [-0.15, -0.1) is 0 Å². The van der Waals surface area contributed by atoms with Crippen molar-refractivity contribution >= 4 is 45.3 Å². The minimum absolute atomic E-state index is 0.182.